The molecule has 208 valence electrons. The second-order valence-corrected chi connectivity index (χ2v) is 12.0. The van der Waals surface area contributed by atoms with Crippen LogP contribution < -0.4 is 14.2 Å². The van der Waals surface area contributed by atoms with Gasteiger partial charge in [0, 0.05) is 54.0 Å². The molecular formula is C29H33ClN2O6S. The van der Waals surface area contributed by atoms with Crippen molar-refractivity contribution >= 4 is 21.6 Å². The maximum absolute atomic E-state index is 12.9. The maximum Gasteiger partial charge on any atom is 0.240 e. The van der Waals surface area contributed by atoms with Crippen molar-refractivity contribution in [1.29, 1.82) is 0 Å². The van der Waals surface area contributed by atoms with Crippen molar-refractivity contribution in [2.45, 2.75) is 62.2 Å². The summed E-state index contributed by atoms with van der Waals surface area (Å²) in [4.78, 5) is 0.0791. The van der Waals surface area contributed by atoms with Crippen molar-refractivity contribution in [3.63, 3.8) is 0 Å². The first-order valence-corrected chi connectivity index (χ1v) is 15.1. The third kappa shape index (κ3) is 5.02. The fourth-order valence-electron chi connectivity index (χ4n) is 5.36. The highest BCUT2D eigenvalue weighted by molar-refractivity contribution is 7.89. The van der Waals surface area contributed by atoms with Gasteiger partial charge in [-0.25, -0.2) is 13.1 Å². The lowest BCUT2D eigenvalue weighted by Crippen LogP contribution is -2.34. The lowest BCUT2D eigenvalue weighted by molar-refractivity contribution is -0.606. The van der Waals surface area contributed by atoms with E-state index in [0.29, 0.717) is 35.8 Å². The van der Waals surface area contributed by atoms with Gasteiger partial charge in [0.25, 0.3) is 0 Å². The number of nitrogens with zero attached hydrogens (tertiary/aromatic N) is 1. The largest absolute Gasteiger partial charge is 0.619 e. The topological polar surface area (TPSA) is 101 Å². The van der Waals surface area contributed by atoms with Crippen molar-refractivity contribution in [2.24, 2.45) is 0 Å². The Labute approximate surface area is 234 Å². The van der Waals surface area contributed by atoms with Gasteiger partial charge in [-0.15, -0.1) is 0 Å². The van der Waals surface area contributed by atoms with Crippen LogP contribution in [0.4, 0.5) is 0 Å². The third-order valence-corrected chi connectivity index (χ3v) is 9.06. The summed E-state index contributed by atoms with van der Waals surface area (Å²) < 4.78 is 48.2. The Balaban J connectivity index is 1.70. The van der Waals surface area contributed by atoms with E-state index in [1.165, 1.54) is 18.5 Å². The van der Waals surface area contributed by atoms with Crippen LogP contribution in [-0.4, -0.2) is 34.3 Å². The first-order valence-electron chi connectivity index (χ1n) is 13.3. The van der Waals surface area contributed by atoms with Crippen LogP contribution in [0, 0.1) is 5.21 Å². The Hall–Kier alpha value is -2.69. The van der Waals surface area contributed by atoms with Crippen LogP contribution in [0.3, 0.4) is 0 Å². The van der Waals surface area contributed by atoms with E-state index in [1.54, 1.807) is 25.1 Å². The minimum Gasteiger partial charge on any atom is -0.619 e. The zero-order valence-corrected chi connectivity index (χ0v) is 23.8. The quantitative estimate of drug-likeness (QED) is 0.241. The van der Waals surface area contributed by atoms with Crippen molar-refractivity contribution in [3.8, 4) is 16.9 Å². The second kappa shape index (κ2) is 10.7. The Morgan fingerprint density at radius 2 is 1.69 bits per heavy atom. The number of sulfonamides is 1. The molecule has 0 amide bonds. The average molecular weight is 573 g/mol. The molecule has 0 spiro atoms. The van der Waals surface area contributed by atoms with Gasteiger partial charge in [-0.1, -0.05) is 36.7 Å². The minimum absolute atomic E-state index is 0.0791. The lowest BCUT2D eigenvalue weighted by atomic mass is 9.92. The smallest absolute Gasteiger partial charge is 0.240 e. The standard InChI is InChI=1S/C29H33ClN2O6S/c1-4-31-39(34,35)21-13-14-26(30)24(17-21)28(36-5-2)19-29(28,37-6-3)25-18-32(33)16-15-22(25)23-9-7-8-10-27(23)38-20-11-12-20/h7-10,13-18,20,31H,4-6,11-12,19H2,1-3H3. The molecular weight excluding hydrogens is 540 g/mol. The molecule has 39 heavy (non-hydrogen) atoms. The summed E-state index contributed by atoms with van der Waals surface area (Å²) in [7, 11) is -3.76. The summed E-state index contributed by atoms with van der Waals surface area (Å²) in [6.07, 6.45) is 5.51. The predicted molar refractivity (Wildman–Crippen MR) is 148 cm³/mol. The van der Waals surface area contributed by atoms with E-state index >= 15 is 0 Å². The molecule has 0 aliphatic heterocycles. The van der Waals surface area contributed by atoms with Crippen LogP contribution >= 0.6 is 11.6 Å². The van der Waals surface area contributed by atoms with Crippen LogP contribution in [0.25, 0.3) is 11.1 Å². The fraction of sp³-hybridized carbons (Fsp3) is 0.414. The van der Waals surface area contributed by atoms with Gasteiger partial charge in [0.1, 0.15) is 17.0 Å². The summed E-state index contributed by atoms with van der Waals surface area (Å²) in [5.41, 5.74) is 0.512. The third-order valence-electron chi connectivity index (χ3n) is 7.19. The van der Waals surface area contributed by atoms with E-state index in [0.717, 1.165) is 34.4 Å². The fourth-order valence-corrected chi connectivity index (χ4v) is 6.70. The predicted octanol–water partition coefficient (Wildman–Crippen LogP) is 5.05. The van der Waals surface area contributed by atoms with Crippen LogP contribution in [-0.2, 0) is 30.7 Å². The normalized spacial score (nSPS) is 22.6. The Morgan fingerprint density at radius 3 is 2.36 bits per heavy atom. The van der Waals surface area contributed by atoms with Gasteiger partial charge in [0.05, 0.1) is 16.6 Å². The first-order chi connectivity index (χ1) is 18.7. The molecule has 1 heterocycles. The van der Waals surface area contributed by atoms with Gasteiger partial charge in [0.15, 0.2) is 12.4 Å². The summed E-state index contributed by atoms with van der Waals surface area (Å²) in [5, 5.41) is 13.1. The Morgan fingerprint density at radius 1 is 1.00 bits per heavy atom. The molecule has 0 saturated heterocycles. The summed E-state index contributed by atoms with van der Waals surface area (Å²) >= 11 is 6.74. The number of pyridine rings is 1. The van der Waals surface area contributed by atoms with Gasteiger partial charge < -0.3 is 19.4 Å². The van der Waals surface area contributed by atoms with E-state index in [1.807, 2.05) is 38.1 Å². The molecule has 5 rings (SSSR count). The van der Waals surface area contributed by atoms with Crippen LogP contribution in [0.5, 0.6) is 5.75 Å². The number of ether oxygens (including phenoxy) is 3. The first kappa shape index (κ1) is 27.9. The molecule has 0 radical (unpaired) electrons. The second-order valence-electron chi connectivity index (χ2n) is 9.79. The van der Waals surface area contributed by atoms with Crippen LogP contribution in [0.2, 0.25) is 5.02 Å². The molecule has 2 saturated carbocycles. The molecule has 2 aromatic carbocycles. The minimum atomic E-state index is -3.76. The highest BCUT2D eigenvalue weighted by Crippen LogP contribution is 2.69. The molecule has 2 atom stereocenters. The van der Waals surface area contributed by atoms with Gasteiger partial charge in [0.2, 0.25) is 10.0 Å². The number of halogens is 1. The SMILES string of the molecule is CCNS(=O)(=O)c1ccc(Cl)c(C2(OCC)CC2(OCC)c2c[n+]([O-])ccc2-c2ccccc2OC2CC2)c1. The average Bonchev–Trinajstić information content (AvgIpc) is 3.83. The van der Waals surface area contributed by atoms with Gasteiger partial charge in [-0.3, -0.25) is 0 Å². The van der Waals surface area contributed by atoms with Gasteiger partial charge in [-0.2, -0.15) is 4.73 Å². The highest BCUT2D eigenvalue weighted by Gasteiger charge is 2.74. The molecule has 10 heteroatoms. The number of para-hydroxylation sites is 1. The Bertz CT molecular complexity index is 1480. The van der Waals surface area contributed by atoms with Gasteiger partial charge in [-0.05, 0) is 51.0 Å². The molecule has 1 N–H and O–H groups in total. The number of rotatable bonds is 12. The van der Waals surface area contributed by atoms with Crippen molar-refractivity contribution < 1.29 is 27.4 Å². The zero-order valence-electron chi connectivity index (χ0n) is 22.3. The van der Waals surface area contributed by atoms with Crippen LogP contribution in [0.1, 0.15) is 51.2 Å². The molecule has 2 fully saturated rings. The molecule has 2 aliphatic rings. The molecule has 8 nitrogen and oxygen atoms in total. The molecule has 2 aliphatic carbocycles. The number of aromatic nitrogens is 1. The van der Waals surface area contributed by atoms with E-state index in [-0.39, 0.29) is 17.5 Å². The van der Waals surface area contributed by atoms with Crippen molar-refractivity contribution in [3.05, 3.63) is 82.3 Å². The monoisotopic (exact) mass is 572 g/mol. The van der Waals surface area contributed by atoms with E-state index in [4.69, 9.17) is 25.8 Å². The van der Waals surface area contributed by atoms with Gasteiger partial charge >= 0.3 is 0 Å². The van der Waals surface area contributed by atoms with Crippen LogP contribution in [0.15, 0.2) is 65.8 Å². The van der Waals surface area contributed by atoms with Crippen molar-refractivity contribution in [1.82, 2.24) is 4.72 Å². The number of nitrogens with one attached hydrogen (secondary N) is 1. The summed E-state index contributed by atoms with van der Waals surface area (Å²) in [6, 6.07) is 14.1. The van der Waals surface area contributed by atoms with E-state index in [9.17, 15) is 13.6 Å². The lowest BCUT2D eigenvalue weighted by Gasteiger charge is -2.29. The number of hydrogen-bond donors (Lipinski definition) is 1. The Kier molecular flexibility index (Phi) is 7.65. The van der Waals surface area contributed by atoms with E-state index < -0.39 is 21.2 Å². The van der Waals surface area contributed by atoms with E-state index in [2.05, 4.69) is 4.72 Å². The number of hydrogen-bond acceptors (Lipinski definition) is 6. The molecule has 1 aromatic heterocycles. The molecule has 3 aromatic rings. The highest BCUT2D eigenvalue weighted by atomic mass is 35.5. The van der Waals surface area contributed by atoms with Crippen molar-refractivity contribution in [2.75, 3.05) is 19.8 Å². The number of benzene rings is 2. The summed E-state index contributed by atoms with van der Waals surface area (Å²) in [6.45, 7) is 6.35. The zero-order chi connectivity index (χ0) is 27.8. The molecule has 0 bridgehead atoms. The summed E-state index contributed by atoms with van der Waals surface area (Å²) in [5.74, 6) is 0.732. The maximum atomic E-state index is 12.9. The molecule has 2 unspecified atom stereocenters.